The Morgan fingerprint density at radius 1 is 0.950 bits per heavy atom. The van der Waals surface area contributed by atoms with E-state index >= 15 is 0 Å². The fraction of sp³-hybridized carbons (Fsp3) is 0.367. The van der Waals surface area contributed by atoms with Crippen molar-refractivity contribution in [2.45, 2.75) is 46.8 Å². The standard InChI is InChI=1S/C30H35N7O3/c1-20-9-6-7-12-24(20)37-21(2)26(33-34-37)28(38)32-25-14-13-22-10-8-11-23(27(22)31-25)19-35-15-17-36(18-16-35)29(39)40-30(3,4)5/h6-14H,15-19H2,1-5H3,(H,31,32,38). The van der Waals surface area contributed by atoms with Crippen LogP contribution in [0.4, 0.5) is 10.6 Å². The quantitative estimate of drug-likeness (QED) is 0.389. The predicted molar refractivity (Wildman–Crippen MR) is 154 cm³/mol. The second-order valence-corrected chi connectivity index (χ2v) is 11.1. The number of nitrogens with one attached hydrogen (secondary N) is 1. The van der Waals surface area contributed by atoms with E-state index in [0.29, 0.717) is 31.1 Å². The maximum absolute atomic E-state index is 13.2. The lowest BCUT2D eigenvalue weighted by molar-refractivity contribution is 0.0139. The Morgan fingerprint density at radius 3 is 2.42 bits per heavy atom. The molecule has 0 aliphatic carbocycles. The minimum absolute atomic E-state index is 0.251. The third-order valence-corrected chi connectivity index (χ3v) is 6.92. The van der Waals surface area contributed by atoms with Crippen molar-refractivity contribution >= 4 is 28.7 Å². The summed E-state index contributed by atoms with van der Waals surface area (Å²) >= 11 is 0. The summed E-state index contributed by atoms with van der Waals surface area (Å²) in [6.07, 6.45) is -0.270. The van der Waals surface area contributed by atoms with Gasteiger partial charge in [0, 0.05) is 38.1 Å². The molecular weight excluding hydrogens is 506 g/mol. The number of anilines is 1. The lowest BCUT2D eigenvalue weighted by Gasteiger charge is -2.35. The maximum Gasteiger partial charge on any atom is 0.410 e. The van der Waals surface area contributed by atoms with Crippen LogP contribution in [-0.4, -0.2) is 73.6 Å². The van der Waals surface area contributed by atoms with Gasteiger partial charge in [-0.05, 0) is 63.9 Å². The Kier molecular flexibility index (Phi) is 7.53. The molecule has 0 saturated carbocycles. The van der Waals surface area contributed by atoms with E-state index in [1.807, 2.05) is 77.1 Å². The van der Waals surface area contributed by atoms with E-state index < -0.39 is 5.60 Å². The maximum atomic E-state index is 13.2. The van der Waals surface area contributed by atoms with E-state index in [-0.39, 0.29) is 17.7 Å². The molecule has 0 atom stereocenters. The molecule has 0 unspecified atom stereocenters. The first-order valence-electron chi connectivity index (χ1n) is 13.5. The average molecular weight is 542 g/mol. The van der Waals surface area contributed by atoms with E-state index in [4.69, 9.17) is 9.72 Å². The first-order valence-corrected chi connectivity index (χ1v) is 13.5. The molecule has 1 fully saturated rings. The number of para-hydroxylation sites is 2. The molecule has 2 amide bonds. The van der Waals surface area contributed by atoms with E-state index in [9.17, 15) is 9.59 Å². The largest absolute Gasteiger partial charge is 0.444 e. The van der Waals surface area contributed by atoms with Gasteiger partial charge in [-0.25, -0.2) is 14.5 Å². The van der Waals surface area contributed by atoms with Crippen molar-refractivity contribution in [1.82, 2.24) is 29.8 Å². The molecule has 5 rings (SSSR count). The van der Waals surface area contributed by atoms with Crippen molar-refractivity contribution in [2.24, 2.45) is 0 Å². The zero-order valence-corrected chi connectivity index (χ0v) is 23.6. The molecule has 40 heavy (non-hydrogen) atoms. The summed E-state index contributed by atoms with van der Waals surface area (Å²) in [6.45, 7) is 12.8. The molecule has 2 aromatic heterocycles. The zero-order chi connectivity index (χ0) is 28.4. The smallest absolute Gasteiger partial charge is 0.410 e. The highest BCUT2D eigenvalue weighted by Gasteiger charge is 2.26. The summed E-state index contributed by atoms with van der Waals surface area (Å²) in [6, 6.07) is 17.7. The summed E-state index contributed by atoms with van der Waals surface area (Å²) in [5.41, 5.74) is 4.20. The summed E-state index contributed by atoms with van der Waals surface area (Å²) < 4.78 is 7.20. The number of aryl methyl sites for hydroxylation is 1. The van der Waals surface area contributed by atoms with E-state index in [0.717, 1.165) is 40.8 Å². The second kappa shape index (κ2) is 11.1. The average Bonchev–Trinajstić information content (AvgIpc) is 3.30. The first kappa shape index (κ1) is 27.3. The lowest BCUT2D eigenvalue weighted by atomic mass is 10.1. The molecule has 4 aromatic rings. The van der Waals surface area contributed by atoms with Gasteiger partial charge in [0.05, 0.1) is 16.9 Å². The van der Waals surface area contributed by atoms with Crippen LogP contribution in [-0.2, 0) is 11.3 Å². The molecule has 2 aromatic carbocycles. The molecule has 1 saturated heterocycles. The number of hydrogen-bond acceptors (Lipinski definition) is 7. The Balaban J connectivity index is 1.29. The summed E-state index contributed by atoms with van der Waals surface area (Å²) in [5, 5.41) is 12.3. The fourth-order valence-electron chi connectivity index (χ4n) is 4.81. The second-order valence-electron chi connectivity index (χ2n) is 11.1. The number of rotatable bonds is 5. The topological polar surface area (TPSA) is 105 Å². The van der Waals surface area contributed by atoms with E-state index in [1.165, 1.54) is 0 Å². The molecule has 10 heteroatoms. The SMILES string of the molecule is Cc1ccccc1-n1nnc(C(=O)Nc2ccc3cccc(CN4CCN(C(=O)OC(C)(C)C)CC4)c3n2)c1C. The minimum atomic E-state index is -0.508. The van der Waals surface area contributed by atoms with Crippen molar-refractivity contribution in [3.63, 3.8) is 0 Å². The van der Waals surface area contributed by atoms with Gasteiger partial charge in [-0.15, -0.1) is 5.10 Å². The lowest BCUT2D eigenvalue weighted by Crippen LogP contribution is -2.49. The van der Waals surface area contributed by atoms with Crippen LogP contribution in [0.1, 0.15) is 48.1 Å². The van der Waals surface area contributed by atoms with Crippen LogP contribution in [0.15, 0.2) is 54.6 Å². The summed E-state index contributed by atoms with van der Waals surface area (Å²) in [5.74, 6) is 0.0875. The molecule has 1 aliphatic rings. The van der Waals surface area contributed by atoms with Gasteiger partial charge in [0.1, 0.15) is 11.4 Å². The number of hydrogen-bond donors (Lipinski definition) is 1. The van der Waals surface area contributed by atoms with Crippen LogP contribution in [0.2, 0.25) is 0 Å². The van der Waals surface area contributed by atoms with Gasteiger partial charge in [-0.1, -0.05) is 41.6 Å². The zero-order valence-electron chi connectivity index (χ0n) is 23.6. The Bertz CT molecular complexity index is 1550. The molecule has 3 heterocycles. The number of carbonyl (C=O) groups excluding carboxylic acids is 2. The molecule has 0 spiro atoms. The van der Waals surface area contributed by atoms with Crippen molar-refractivity contribution < 1.29 is 14.3 Å². The van der Waals surface area contributed by atoms with E-state index in [2.05, 4.69) is 26.6 Å². The van der Waals surface area contributed by atoms with Crippen molar-refractivity contribution in [1.29, 1.82) is 0 Å². The molecule has 1 N–H and O–H groups in total. The number of pyridine rings is 1. The summed E-state index contributed by atoms with van der Waals surface area (Å²) in [4.78, 5) is 34.4. The van der Waals surface area contributed by atoms with Gasteiger partial charge >= 0.3 is 6.09 Å². The third kappa shape index (κ3) is 5.96. The van der Waals surface area contributed by atoms with Crippen LogP contribution >= 0.6 is 0 Å². The Hall–Kier alpha value is -4.31. The van der Waals surface area contributed by atoms with Crippen molar-refractivity contribution in [3.8, 4) is 5.69 Å². The highest BCUT2D eigenvalue weighted by Crippen LogP contribution is 2.23. The van der Waals surface area contributed by atoms with Crippen LogP contribution in [0.25, 0.3) is 16.6 Å². The number of fused-ring (bicyclic) bond motifs is 1. The number of ether oxygens (including phenoxy) is 1. The number of benzene rings is 2. The molecule has 10 nitrogen and oxygen atoms in total. The normalized spacial score (nSPS) is 14.4. The number of amides is 2. The van der Waals surface area contributed by atoms with Gasteiger partial charge in [0.2, 0.25) is 0 Å². The Morgan fingerprint density at radius 2 is 1.70 bits per heavy atom. The third-order valence-electron chi connectivity index (χ3n) is 6.92. The molecule has 208 valence electrons. The fourth-order valence-corrected chi connectivity index (χ4v) is 4.81. The number of nitrogens with zero attached hydrogens (tertiary/aromatic N) is 6. The monoisotopic (exact) mass is 541 g/mol. The number of carbonyl (C=O) groups is 2. The van der Waals surface area contributed by atoms with Crippen LogP contribution in [0.5, 0.6) is 0 Å². The van der Waals surface area contributed by atoms with Crippen LogP contribution < -0.4 is 5.32 Å². The molecule has 0 bridgehead atoms. The molecular formula is C30H35N7O3. The first-order chi connectivity index (χ1) is 19.1. The van der Waals surface area contributed by atoms with Gasteiger partial charge < -0.3 is 15.0 Å². The van der Waals surface area contributed by atoms with Gasteiger partial charge in [-0.2, -0.15) is 0 Å². The summed E-state index contributed by atoms with van der Waals surface area (Å²) in [7, 11) is 0. The van der Waals surface area contributed by atoms with E-state index in [1.54, 1.807) is 15.6 Å². The predicted octanol–water partition coefficient (Wildman–Crippen LogP) is 4.74. The van der Waals surface area contributed by atoms with Gasteiger partial charge in [-0.3, -0.25) is 9.69 Å². The van der Waals surface area contributed by atoms with Gasteiger partial charge in [0.15, 0.2) is 5.69 Å². The van der Waals surface area contributed by atoms with Crippen molar-refractivity contribution in [2.75, 3.05) is 31.5 Å². The van der Waals surface area contributed by atoms with Gasteiger partial charge in [0.25, 0.3) is 5.91 Å². The van der Waals surface area contributed by atoms with Crippen LogP contribution in [0.3, 0.4) is 0 Å². The number of aromatic nitrogens is 4. The molecule has 0 radical (unpaired) electrons. The highest BCUT2D eigenvalue weighted by molar-refractivity contribution is 6.03. The van der Waals surface area contributed by atoms with Crippen LogP contribution in [0, 0.1) is 13.8 Å². The number of piperazine rings is 1. The Labute approximate surface area is 233 Å². The minimum Gasteiger partial charge on any atom is -0.444 e. The molecule has 1 aliphatic heterocycles. The van der Waals surface area contributed by atoms with Crippen molar-refractivity contribution in [3.05, 3.63) is 77.1 Å². The highest BCUT2D eigenvalue weighted by atomic mass is 16.6.